The number of amides is 1. The molecule has 1 aromatic rings. The SMILES string of the molecule is Cc1ccc(O[C@@H](C)C(=O)N2CCCCCC2)cc1. The molecule has 1 fully saturated rings. The van der Waals surface area contributed by atoms with Gasteiger partial charge in [-0.1, -0.05) is 30.5 Å². The molecular formula is C16H23NO2. The normalized spacial score (nSPS) is 17.7. The van der Waals surface area contributed by atoms with Crippen LogP contribution in [0.1, 0.15) is 38.2 Å². The third-order valence-corrected chi connectivity index (χ3v) is 3.60. The first-order chi connectivity index (χ1) is 9.16. The first kappa shape index (κ1) is 13.9. The fourth-order valence-electron chi connectivity index (χ4n) is 2.42. The number of carbonyl (C=O) groups excluding carboxylic acids is 1. The number of ether oxygens (including phenoxy) is 1. The van der Waals surface area contributed by atoms with Gasteiger partial charge in [-0.25, -0.2) is 0 Å². The van der Waals surface area contributed by atoms with E-state index in [1.54, 1.807) is 0 Å². The second kappa shape index (κ2) is 6.60. The molecule has 0 N–H and O–H groups in total. The molecule has 1 atom stereocenters. The topological polar surface area (TPSA) is 29.5 Å². The summed E-state index contributed by atoms with van der Waals surface area (Å²) in [5, 5.41) is 0. The summed E-state index contributed by atoms with van der Waals surface area (Å²) in [7, 11) is 0. The van der Waals surface area contributed by atoms with Crippen LogP contribution in [0.4, 0.5) is 0 Å². The molecule has 1 heterocycles. The molecule has 2 rings (SSSR count). The van der Waals surface area contributed by atoms with Crippen LogP contribution in [-0.2, 0) is 4.79 Å². The van der Waals surface area contributed by atoms with Crippen molar-refractivity contribution in [2.24, 2.45) is 0 Å². The highest BCUT2D eigenvalue weighted by Crippen LogP contribution is 2.16. The van der Waals surface area contributed by atoms with E-state index in [0.717, 1.165) is 31.7 Å². The van der Waals surface area contributed by atoms with Crippen LogP contribution in [0.3, 0.4) is 0 Å². The molecule has 3 heteroatoms. The highest BCUT2D eigenvalue weighted by Gasteiger charge is 2.22. The van der Waals surface area contributed by atoms with Crippen LogP contribution >= 0.6 is 0 Å². The van der Waals surface area contributed by atoms with Gasteiger partial charge < -0.3 is 9.64 Å². The Hall–Kier alpha value is -1.51. The van der Waals surface area contributed by atoms with Crippen molar-refractivity contribution in [2.75, 3.05) is 13.1 Å². The third kappa shape index (κ3) is 3.98. The Morgan fingerprint density at radius 3 is 2.26 bits per heavy atom. The number of hydrogen-bond acceptors (Lipinski definition) is 2. The Labute approximate surface area is 115 Å². The molecule has 19 heavy (non-hydrogen) atoms. The lowest BCUT2D eigenvalue weighted by Crippen LogP contribution is -2.40. The van der Waals surface area contributed by atoms with E-state index < -0.39 is 6.10 Å². The van der Waals surface area contributed by atoms with Crippen LogP contribution in [0.25, 0.3) is 0 Å². The van der Waals surface area contributed by atoms with E-state index in [-0.39, 0.29) is 5.91 Å². The Morgan fingerprint density at radius 2 is 1.68 bits per heavy atom. The van der Waals surface area contributed by atoms with Crippen molar-refractivity contribution < 1.29 is 9.53 Å². The first-order valence-corrected chi connectivity index (χ1v) is 7.19. The number of carbonyl (C=O) groups is 1. The van der Waals surface area contributed by atoms with Crippen LogP contribution in [0, 0.1) is 6.92 Å². The zero-order chi connectivity index (χ0) is 13.7. The van der Waals surface area contributed by atoms with Crippen molar-refractivity contribution in [3.63, 3.8) is 0 Å². The summed E-state index contributed by atoms with van der Waals surface area (Å²) in [4.78, 5) is 14.3. The van der Waals surface area contributed by atoms with Gasteiger partial charge in [0.05, 0.1) is 0 Å². The minimum Gasteiger partial charge on any atom is -0.481 e. The molecule has 1 aliphatic rings. The minimum absolute atomic E-state index is 0.113. The Morgan fingerprint density at radius 1 is 1.11 bits per heavy atom. The number of rotatable bonds is 3. The monoisotopic (exact) mass is 261 g/mol. The molecule has 0 aliphatic carbocycles. The van der Waals surface area contributed by atoms with Crippen LogP contribution in [0.2, 0.25) is 0 Å². The number of nitrogens with zero attached hydrogens (tertiary/aromatic N) is 1. The molecule has 0 aromatic heterocycles. The lowest BCUT2D eigenvalue weighted by molar-refractivity contribution is -0.137. The van der Waals surface area contributed by atoms with Crippen LogP contribution in [0.5, 0.6) is 5.75 Å². The smallest absolute Gasteiger partial charge is 0.263 e. The van der Waals surface area contributed by atoms with E-state index in [2.05, 4.69) is 0 Å². The van der Waals surface area contributed by atoms with Gasteiger partial charge in [0.2, 0.25) is 0 Å². The maximum atomic E-state index is 12.3. The van der Waals surface area contributed by atoms with Crippen LogP contribution in [0.15, 0.2) is 24.3 Å². The van der Waals surface area contributed by atoms with E-state index in [9.17, 15) is 4.79 Å². The molecule has 104 valence electrons. The van der Waals surface area contributed by atoms with Crippen molar-refractivity contribution in [3.05, 3.63) is 29.8 Å². The van der Waals surface area contributed by atoms with Crippen molar-refractivity contribution in [2.45, 2.75) is 45.6 Å². The van der Waals surface area contributed by atoms with E-state index in [1.165, 1.54) is 18.4 Å². The predicted molar refractivity (Wildman–Crippen MR) is 76.3 cm³/mol. The molecular weight excluding hydrogens is 238 g/mol. The molecule has 3 nitrogen and oxygen atoms in total. The second-order valence-corrected chi connectivity index (χ2v) is 5.31. The molecule has 0 saturated carbocycles. The van der Waals surface area contributed by atoms with Crippen molar-refractivity contribution in [1.29, 1.82) is 0 Å². The number of likely N-dealkylation sites (tertiary alicyclic amines) is 1. The van der Waals surface area contributed by atoms with E-state index >= 15 is 0 Å². The maximum Gasteiger partial charge on any atom is 0.263 e. The van der Waals surface area contributed by atoms with Crippen molar-refractivity contribution in [1.82, 2.24) is 4.90 Å². The number of aryl methyl sites for hydroxylation is 1. The predicted octanol–water partition coefficient (Wildman–Crippen LogP) is 3.16. The summed E-state index contributed by atoms with van der Waals surface area (Å²) < 4.78 is 5.73. The average molecular weight is 261 g/mol. The van der Waals surface area contributed by atoms with Crippen LogP contribution < -0.4 is 4.74 Å². The summed E-state index contributed by atoms with van der Waals surface area (Å²) >= 11 is 0. The molecule has 0 spiro atoms. The zero-order valence-electron chi connectivity index (χ0n) is 11.9. The fourth-order valence-corrected chi connectivity index (χ4v) is 2.42. The molecule has 1 amide bonds. The Bertz CT molecular complexity index is 405. The Balaban J connectivity index is 1.92. The van der Waals surface area contributed by atoms with Gasteiger partial charge in [0.1, 0.15) is 5.75 Å². The van der Waals surface area contributed by atoms with E-state index in [0.29, 0.717) is 0 Å². The summed E-state index contributed by atoms with van der Waals surface area (Å²) in [6.07, 6.45) is 4.29. The van der Waals surface area contributed by atoms with E-state index in [1.807, 2.05) is 43.0 Å². The van der Waals surface area contributed by atoms with Gasteiger partial charge in [0.25, 0.3) is 5.91 Å². The standard InChI is InChI=1S/C16H23NO2/c1-13-7-9-15(10-8-13)19-14(2)16(18)17-11-5-3-4-6-12-17/h7-10,14H,3-6,11-12H2,1-2H3/t14-/m0/s1. The lowest BCUT2D eigenvalue weighted by Gasteiger charge is -2.24. The van der Waals surface area contributed by atoms with Gasteiger partial charge in [0.15, 0.2) is 6.10 Å². The van der Waals surface area contributed by atoms with Gasteiger partial charge in [-0.3, -0.25) is 4.79 Å². The molecule has 1 aliphatic heterocycles. The van der Waals surface area contributed by atoms with Gasteiger partial charge in [-0.15, -0.1) is 0 Å². The lowest BCUT2D eigenvalue weighted by atomic mass is 10.2. The van der Waals surface area contributed by atoms with Crippen molar-refractivity contribution >= 4 is 5.91 Å². The van der Waals surface area contributed by atoms with Gasteiger partial charge in [-0.2, -0.15) is 0 Å². The zero-order valence-corrected chi connectivity index (χ0v) is 11.9. The van der Waals surface area contributed by atoms with E-state index in [4.69, 9.17) is 4.74 Å². The first-order valence-electron chi connectivity index (χ1n) is 7.19. The largest absolute Gasteiger partial charge is 0.481 e. The minimum atomic E-state index is -0.402. The van der Waals surface area contributed by atoms with Crippen LogP contribution in [-0.4, -0.2) is 30.0 Å². The number of benzene rings is 1. The van der Waals surface area contributed by atoms with Gasteiger partial charge in [-0.05, 0) is 38.8 Å². The highest BCUT2D eigenvalue weighted by molar-refractivity contribution is 5.80. The molecule has 0 radical (unpaired) electrons. The fraction of sp³-hybridized carbons (Fsp3) is 0.562. The van der Waals surface area contributed by atoms with Crippen molar-refractivity contribution in [3.8, 4) is 5.75 Å². The highest BCUT2D eigenvalue weighted by atomic mass is 16.5. The molecule has 0 bridgehead atoms. The van der Waals surface area contributed by atoms with Gasteiger partial charge >= 0.3 is 0 Å². The Kier molecular flexibility index (Phi) is 4.83. The second-order valence-electron chi connectivity index (χ2n) is 5.31. The number of hydrogen-bond donors (Lipinski definition) is 0. The summed E-state index contributed by atoms with van der Waals surface area (Å²) in [6.45, 7) is 5.63. The molecule has 0 unspecified atom stereocenters. The summed E-state index contributed by atoms with van der Waals surface area (Å²) in [5.74, 6) is 0.878. The third-order valence-electron chi connectivity index (χ3n) is 3.60. The quantitative estimate of drug-likeness (QED) is 0.836. The molecule has 1 saturated heterocycles. The molecule has 1 aromatic carbocycles. The maximum absolute atomic E-state index is 12.3. The van der Waals surface area contributed by atoms with Gasteiger partial charge in [0, 0.05) is 13.1 Å². The average Bonchev–Trinajstić information content (AvgIpc) is 2.69. The summed E-state index contributed by atoms with van der Waals surface area (Å²) in [5.41, 5.74) is 1.19. The summed E-state index contributed by atoms with van der Waals surface area (Å²) in [6, 6.07) is 7.83.